The number of fused-ring (bicyclic) bond motifs is 5. The van der Waals surface area contributed by atoms with Crippen LogP contribution >= 0.6 is 0 Å². The summed E-state index contributed by atoms with van der Waals surface area (Å²) < 4.78 is 28.2. The number of nitrogens with one attached hydrogen (secondary N) is 6. The Balaban J connectivity index is 0.724. The smallest absolute Gasteiger partial charge is 0.257 e. The number of carbonyl (C=O) groups is 7. The van der Waals surface area contributed by atoms with Crippen LogP contribution in [0.4, 0.5) is 4.39 Å². The summed E-state index contributed by atoms with van der Waals surface area (Å²) in [6.45, 7) is 2.15. The summed E-state index contributed by atoms with van der Waals surface area (Å²) in [5.74, 6) is -4.24. The summed E-state index contributed by atoms with van der Waals surface area (Å²) >= 11 is 0. The van der Waals surface area contributed by atoms with Crippen molar-refractivity contribution in [3.8, 4) is 11.4 Å². The summed E-state index contributed by atoms with van der Waals surface area (Å²) in [6.07, 6.45) is 3.52. The number of aryl methyl sites for hydroxylation is 1. The van der Waals surface area contributed by atoms with Crippen molar-refractivity contribution in [2.75, 3.05) is 32.9 Å². The zero-order valence-corrected chi connectivity index (χ0v) is 43.3. The van der Waals surface area contributed by atoms with Crippen LogP contribution < -0.4 is 37.5 Å². The van der Waals surface area contributed by atoms with Crippen LogP contribution in [0.1, 0.15) is 103 Å². The molecule has 5 heterocycles. The quantitative estimate of drug-likeness (QED) is 0.0340. The number of amides is 7. The molecule has 9 N–H and O–H groups in total. The number of aromatic nitrogens is 2. The van der Waals surface area contributed by atoms with Gasteiger partial charge in [-0.05, 0) is 86.3 Å². The highest BCUT2D eigenvalue weighted by Crippen LogP contribution is 2.46. The van der Waals surface area contributed by atoms with Crippen LogP contribution in [0.3, 0.4) is 0 Å². The lowest BCUT2D eigenvalue weighted by Crippen LogP contribution is -2.52. The molecule has 0 spiro atoms. The van der Waals surface area contributed by atoms with Crippen molar-refractivity contribution in [3.63, 3.8) is 0 Å². The van der Waals surface area contributed by atoms with Gasteiger partial charge in [0.05, 0.1) is 61.8 Å². The Hall–Kier alpha value is -7.44. The number of hydrogen-bond acceptors (Lipinski definition) is 14. The molecule has 2 aliphatic carbocycles. The minimum Gasteiger partial charge on any atom is -0.380 e. The molecular formula is C55H64FN9O13. The van der Waals surface area contributed by atoms with Gasteiger partial charge in [0.25, 0.3) is 5.56 Å². The number of unbranched alkanes of at least 4 members (excludes halogenated alkanes) is 2. The van der Waals surface area contributed by atoms with E-state index in [0.717, 1.165) is 22.1 Å². The standard InChI is InChI=1S/C55H64FN9O13/c1-3-55(76)36-21-41-50-34(26-65(41)53(74)35(36)27-77-54(55)75)49-38(14-13-33-29(2)37(56)22-39(62-50)48(33)49)63-51(72)31-19-32(20-31)78-28-60-44(68)24-59-52(73)40(18-30-10-6-4-7-11-30)61-45(69)25-58-43(67)23-57-42(66)12-8-5-9-17-64-46(70)15-16-47(64)71/h4,6-7,10-11,15-16,21-22,31-32,38,40,46,54,70,75-76H,3,5,8-9,12-14,17-20,23-28H2,1-2H3,(H,57,66)(H,58,67)(H,59,73)(H,60,68)(H,61,69)(H,63,72)/t31-,32+,38-,40-,46?,54?,55-/m0/s1. The van der Waals surface area contributed by atoms with Crippen LogP contribution in [0.15, 0.2) is 59.4 Å². The number of benzene rings is 2. The number of pyridine rings is 2. The van der Waals surface area contributed by atoms with Crippen molar-refractivity contribution in [2.45, 2.75) is 128 Å². The Morgan fingerprint density at radius 3 is 2.38 bits per heavy atom. The van der Waals surface area contributed by atoms with Crippen LogP contribution in [-0.4, -0.2) is 129 Å². The van der Waals surface area contributed by atoms with Gasteiger partial charge in [-0.25, -0.2) is 9.37 Å². The first kappa shape index (κ1) is 55.3. The summed E-state index contributed by atoms with van der Waals surface area (Å²) in [5.41, 5.74) is 2.92. The molecular weight excluding hydrogens is 1010 g/mol. The molecule has 0 bridgehead atoms. The van der Waals surface area contributed by atoms with Crippen molar-refractivity contribution < 1.29 is 62.7 Å². The predicted octanol–water partition coefficient (Wildman–Crippen LogP) is 0.645. The Bertz CT molecular complexity index is 3130. The van der Waals surface area contributed by atoms with E-state index < -0.39 is 84.2 Å². The summed E-state index contributed by atoms with van der Waals surface area (Å²) in [5, 5.41) is 48.5. The second-order valence-corrected chi connectivity index (χ2v) is 20.5. The molecule has 22 nitrogen and oxygen atoms in total. The van der Waals surface area contributed by atoms with Crippen LogP contribution in [0.2, 0.25) is 0 Å². The molecule has 1 fully saturated rings. The predicted molar refractivity (Wildman–Crippen MR) is 276 cm³/mol. The van der Waals surface area contributed by atoms with Gasteiger partial charge in [0.2, 0.25) is 41.4 Å². The van der Waals surface area contributed by atoms with Gasteiger partial charge in [0.1, 0.15) is 30.4 Å². The van der Waals surface area contributed by atoms with E-state index in [2.05, 4.69) is 31.9 Å². The molecule has 5 atom stereocenters. The van der Waals surface area contributed by atoms with Gasteiger partial charge in [0, 0.05) is 59.5 Å². The van der Waals surface area contributed by atoms with Crippen molar-refractivity contribution in [2.24, 2.45) is 5.92 Å². The fraction of sp³-hybridized carbons (Fsp3) is 0.473. The van der Waals surface area contributed by atoms with E-state index in [1.807, 2.05) is 0 Å². The highest BCUT2D eigenvalue weighted by atomic mass is 19.1. The lowest BCUT2D eigenvalue weighted by molar-refractivity contribution is -0.236. The minimum atomic E-state index is -1.84. The average Bonchev–Trinajstić information content (AvgIpc) is 4.15. The monoisotopic (exact) mass is 1080 g/mol. The van der Waals surface area contributed by atoms with Gasteiger partial charge in [0.15, 0.2) is 6.29 Å². The molecule has 23 heteroatoms. The third kappa shape index (κ3) is 11.7. The van der Waals surface area contributed by atoms with Gasteiger partial charge in [-0.2, -0.15) is 0 Å². The van der Waals surface area contributed by atoms with E-state index in [9.17, 15) is 53.7 Å². The fourth-order valence-electron chi connectivity index (χ4n) is 10.9. The maximum Gasteiger partial charge on any atom is 0.257 e. The largest absolute Gasteiger partial charge is 0.380 e. The van der Waals surface area contributed by atoms with Crippen LogP contribution in [-0.2, 0) is 74.6 Å². The maximum atomic E-state index is 15.4. The van der Waals surface area contributed by atoms with E-state index in [-0.39, 0.29) is 80.6 Å². The van der Waals surface area contributed by atoms with Gasteiger partial charge >= 0.3 is 0 Å². The van der Waals surface area contributed by atoms with Crippen LogP contribution in [0.25, 0.3) is 22.3 Å². The molecule has 3 aliphatic heterocycles. The molecule has 2 aromatic carbocycles. The van der Waals surface area contributed by atoms with Crippen molar-refractivity contribution in [1.29, 1.82) is 0 Å². The number of ether oxygens (including phenoxy) is 2. The number of halogens is 1. The molecule has 2 unspecified atom stereocenters. The molecule has 4 aromatic rings. The van der Waals surface area contributed by atoms with Gasteiger partial charge < -0.3 is 66.2 Å². The Kier molecular flexibility index (Phi) is 16.8. The van der Waals surface area contributed by atoms with Gasteiger partial charge in [-0.15, -0.1) is 0 Å². The van der Waals surface area contributed by atoms with Crippen molar-refractivity contribution in [3.05, 3.63) is 110 Å². The summed E-state index contributed by atoms with van der Waals surface area (Å²) in [7, 11) is 0. The average molecular weight is 1080 g/mol. The number of aliphatic hydroxyl groups is 3. The number of carbonyl (C=O) groups excluding carboxylic acids is 7. The zero-order valence-electron chi connectivity index (χ0n) is 43.3. The Morgan fingerprint density at radius 1 is 0.910 bits per heavy atom. The minimum absolute atomic E-state index is 0.0692. The zero-order chi connectivity index (χ0) is 55.4. The van der Waals surface area contributed by atoms with E-state index in [1.165, 1.54) is 23.1 Å². The molecule has 414 valence electrons. The molecule has 9 rings (SSSR count). The van der Waals surface area contributed by atoms with Gasteiger partial charge in [-0.1, -0.05) is 43.7 Å². The first-order valence-electron chi connectivity index (χ1n) is 26.4. The second kappa shape index (κ2) is 23.7. The third-order valence-electron chi connectivity index (χ3n) is 15.5. The first-order chi connectivity index (χ1) is 37.4. The molecule has 2 aromatic heterocycles. The third-order valence-corrected chi connectivity index (χ3v) is 15.5. The topological polar surface area (TPSA) is 309 Å². The molecule has 78 heavy (non-hydrogen) atoms. The highest BCUT2D eigenvalue weighted by molar-refractivity contribution is 5.95. The van der Waals surface area contributed by atoms with Crippen LogP contribution in [0, 0.1) is 18.7 Å². The molecule has 0 saturated heterocycles. The maximum absolute atomic E-state index is 15.4. The van der Waals surface area contributed by atoms with Crippen LogP contribution in [0.5, 0.6) is 0 Å². The van der Waals surface area contributed by atoms with Gasteiger partial charge in [-0.3, -0.25) is 38.4 Å². The number of aliphatic hydroxyl groups excluding tert-OH is 2. The van der Waals surface area contributed by atoms with E-state index >= 15 is 4.39 Å². The molecule has 1 saturated carbocycles. The fourth-order valence-corrected chi connectivity index (χ4v) is 10.9. The van der Waals surface area contributed by atoms with Crippen molar-refractivity contribution in [1.82, 2.24) is 46.4 Å². The van der Waals surface area contributed by atoms with E-state index in [1.54, 1.807) is 54.8 Å². The molecule has 5 aliphatic rings. The Morgan fingerprint density at radius 2 is 1.64 bits per heavy atom. The number of nitrogens with zero attached hydrogens (tertiary/aromatic N) is 3. The number of rotatable bonds is 22. The van der Waals surface area contributed by atoms with Crippen molar-refractivity contribution >= 4 is 52.3 Å². The summed E-state index contributed by atoms with van der Waals surface area (Å²) in [6, 6.07) is 10.3. The summed E-state index contributed by atoms with van der Waals surface area (Å²) in [4.78, 5) is 110. The lowest BCUT2D eigenvalue weighted by atomic mass is 9.79. The highest BCUT2D eigenvalue weighted by Gasteiger charge is 2.45. The second-order valence-electron chi connectivity index (χ2n) is 20.5. The normalized spacial score (nSPS) is 21.9. The first-order valence-corrected chi connectivity index (χ1v) is 26.4. The molecule has 7 amide bonds. The SMILES string of the molecule is CC[C@]1(O)c2cc3n(c(=O)c2COC1O)Cc1c-3nc2cc(F)c(C)c3c2c1[C@@H](NC(=O)[C@H]1C[C@@H](OCNC(=O)CNC(=O)[C@H](Cc2ccccc2)NC(=O)CNC(=O)CNC(=O)CCCCCN2C(=O)C=CC2O)C1)CC3. The van der Waals surface area contributed by atoms with E-state index in [0.29, 0.717) is 79.5 Å². The lowest BCUT2D eigenvalue weighted by Gasteiger charge is -2.37. The molecule has 0 radical (unpaired) electrons. The Labute approximate surface area is 447 Å². The number of hydrogen-bond donors (Lipinski definition) is 9. The van der Waals surface area contributed by atoms with E-state index in [4.69, 9.17) is 14.5 Å².